The minimum Gasteiger partial charge on any atom is -0.366 e. The number of benzene rings is 1. The van der Waals surface area contributed by atoms with Crippen LogP contribution in [0.25, 0.3) is 10.9 Å². The van der Waals surface area contributed by atoms with Gasteiger partial charge in [0.1, 0.15) is 0 Å². The highest BCUT2D eigenvalue weighted by molar-refractivity contribution is 5.93. The van der Waals surface area contributed by atoms with Crippen molar-refractivity contribution in [3.8, 4) is 0 Å². The Morgan fingerprint density at radius 3 is 2.74 bits per heavy atom. The summed E-state index contributed by atoms with van der Waals surface area (Å²) >= 11 is 0. The number of hydrogen-bond donors (Lipinski definition) is 3. The summed E-state index contributed by atoms with van der Waals surface area (Å²) in [5, 5.41) is 10.9. The number of nitrogens with one attached hydrogen (secondary N) is 2. The van der Waals surface area contributed by atoms with Gasteiger partial charge in [-0.1, -0.05) is 6.07 Å². The van der Waals surface area contributed by atoms with Crippen LogP contribution < -0.4 is 11.1 Å². The number of primary amides is 1. The van der Waals surface area contributed by atoms with E-state index in [9.17, 15) is 4.79 Å². The van der Waals surface area contributed by atoms with Gasteiger partial charge in [-0.15, -0.1) is 0 Å². The molecule has 0 aliphatic heterocycles. The van der Waals surface area contributed by atoms with E-state index in [0.717, 1.165) is 16.6 Å². The Morgan fingerprint density at radius 1 is 1.21 bits per heavy atom. The molecule has 2 aromatic heterocycles. The lowest BCUT2D eigenvalue weighted by Crippen LogP contribution is -2.12. The zero-order valence-corrected chi connectivity index (χ0v) is 9.79. The van der Waals surface area contributed by atoms with Crippen molar-refractivity contribution in [3.63, 3.8) is 0 Å². The van der Waals surface area contributed by atoms with Gasteiger partial charge in [-0.05, 0) is 12.1 Å². The van der Waals surface area contributed by atoms with Gasteiger partial charge in [0, 0.05) is 17.8 Å². The van der Waals surface area contributed by atoms with Crippen LogP contribution in [0.1, 0.15) is 10.4 Å². The number of aromatic amines is 1. The maximum Gasteiger partial charge on any atom is 0.251 e. The summed E-state index contributed by atoms with van der Waals surface area (Å²) in [6.45, 7) is 0. The third kappa shape index (κ3) is 2.08. The second-order valence-corrected chi connectivity index (χ2v) is 3.92. The van der Waals surface area contributed by atoms with Gasteiger partial charge in [0.25, 0.3) is 5.91 Å². The van der Waals surface area contributed by atoms with Crippen molar-refractivity contribution in [2.24, 2.45) is 5.73 Å². The first-order valence-corrected chi connectivity index (χ1v) is 5.55. The van der Waals surface area contributed by atoms with Crippen LogP contribution in [0.5, 0.6) is 0 Å². The number of hydrogen-bond acceptors (Lipinski definition) is 5. The largest absolute Gasteiger partial charge is 0.366 e. The highest BCUT2D eigenvalue weighted by atomic mass is 16.1. The van der Waals surface area contributed by atoms with Crippen LogP contribution in [0.2, 0.25) is 0 Å². The summed E-state index contributed by atoms with van der Waals surface area (Å²) in [5.41, 5.74) is 7.14. The molecule has 94 valence electrons. The number of nitrogens with two attached hydrogens (primary N) is 1. The van der Waals surface area contributed by atoms with Crippen LogP contribution in [0, 0.1) is 0 Å². The maximum absolute atomic E-state index is 10.9. The lowest BCUT2D eigenvalue weighted by atomic mass is 10.2. The SMILES string of the molecule is NC(=O)c1cnc(Nc2cccc3[nH]ncc23)nc1. The topological polar surface area (TPSA) is 110 Å². The summed E-state index contributed by atoms with van der Waals surface area (Å²) in [7, 11) is 0. The number of aromatic nitrogens is 4. The summed E-state index contributed by atoms with van der Waals surface area (Å²) in [5.74, 6) is -0.165. The fraction of sp³-hybridized carbons (Fsp3) is 0. The summed E-state index contributed by atoms with van der Waals surface area (Å²) in [6.07, 6.45) is 4.48. The molecule has 4 N–H and O–H groups in total. The lowest BCUT2D eigenvalue weighted by molar-refractivity contribution is 0.0999. The van der Waals surface area contributed by atoms with E-state index in [0.29, 0.717) is 5.95 Å². The van der Waals surface area contributed by atoms with Crippen molar-refractivity contribution >= 4 is 28.4 Å². The number of fused-ring (bicyclic) bond motifs is 1. The smallest absolute Gasteiger partial charge is 0.251 e. The van der Waals surface area contributed by atoms with Crippen LogP contribution in [0.3, 0.4) is 0 Å². The van der Waals surface area contributed by atoms with Gasteiger partial charge < -0.3 is 11.1 Å². The quantitative estimate of drug-likeness (QED) is 0.650. The van der Waals surface area contributed by atoms with Crippen molar-refractivity contribution in [3.05, 3.63) is 42.4 Å². The molecule has 3 aromatic rings. The minimum atomic E-state index is -0.552. The Bertz CT molecular complexity index is 733. The first kappa shape index (κ1) is 11.1. The van der Waals surface area contributed by atoms with Crippen LogP contribution >= 0.6 is 0 Å². The van der Waals surface area contributed by atoms with Crippen LogP contribution in [0.15, 0.2) is 36.8 Å². The fourth-order valence-electron chi connectivity index (χ4n) is 1.72. The van der Waals surface area contributed by atoms with Crippen molar-refractivity contribution in [2.45, 2.75) is 0 Å². The average molecular weight is 254 g/mol. The predicted octanol–water partition coefficient (Wildman–Crippen LogP) is 1.20. The third-order valence-electron chi connectivity index (χ3n) is 2.67. The molecule has 0 unspecified atom stereocenters. The highest BCUT2D eigenvalue weighted by Crippen LogP contribution is 2.23. The molecule has 19 heavy (non-hydrogen) atoms. The van der Waals surface area contributed by atoms with Gasteiger partial charge >= 0.3 is 0 Å². The molecule has 7 nitrogen and oxygen atoms in total. The van der Waals surface area contributed by atoms with Crippen molar-refractivity contribution < 1.29 is 4.79 Å². The number of carbonyl (C=O) groups excluding carboxylic acids is 1. The van der Waals surface area contributed by atoms with E-state index in [1.165, 1.54) is 12.4 Å². The van der Waals surface area contributed by atoms with Gasteiger partial charge in [0.15, 0.2) is 0 Å². The monoisotopic (exact) mass is 254 g/mol. The standard InChI is InChI=1S/C12H10N6O/c13-11(19)7-4-14-12(15-5-7)17-9-2-1-3-10-8(9)6-16-18-10/h1-6H,(H2,13,19)(H,16,18)(H,14,15,17). The first-order chi connectivity index (χ1) is 9.24. The number of anilines is 2. The zero-order valence-electron chi connectivity index (χ0n) is 9.79. The van der Waals surface area contributed by atoms with Crippen molar-refractivity contribution in [1.29, 1.82) is 0 Å². The molecule has 0 saturated carbocycles. The molecule has 0 spiro atoms. The average Bonchev–Trinajstić information content (AvgIpc) is 2.89. The Balaban J connectivity index is 1.92. The number of H-pyrrole nitrogens is 1. The van der Waals surface area contributed by atoms with Gasteiger partial charge in [0.2, 0.25) is 5.95 Å². The number of amides is 1. The molecule has 0 atom stereocenters. The van der Waals surface area contributed by atoms with E-state index < -0.39 is 5.91 Å². The molecule has 0 radical (unpaired) electrons. The fourth-order valence-corrected chi connectivity index (χ4v) is 1.72. The predicted molar refractivity (Wildman–Crippen MR) is 69.9 cm³/mol. The van der Waals surface area contributed by atoms with Crippen LogP contribution in [-0.4, -0.2) is 26.1 Å². The molecule has 0 fully saturated rings. The molecule has 0 aliphatic rings. The molecule has 0 bridgehead atoms. The Morgan fingerprint density at radius 2 is 2.00 bits per heavy atom. The number of rotatable bonds is 3. The van der Waals surface area contributed by atoms with Crippen LogP contribution in [0.4, 0.5) is 11.6 Å². The molecular formula is C12H10N6O. The zero-order chi connectivity index (χ0) is 13.2. The molecule has 3 rings (SSSR count). The maximum atomic E-state index is 10.9. The summed E-state index contributed by atoms with van der Waals surface area (Å²) < 4.78 is 0. The Labute approximate surface area is 107 Å². The number of carbonyl (C=O) groups is 1. The van der Waals surface area contributed by atoms with Crippen molar-refractivity contribution in [1.82, 2.24) is 20.2 Å². The van der Waals surface area contributed by atoms with E-state index in [4.69, 9.17) is 5.73 Å². The molecular weight excluding hydrogens is 244 g/mol. The molecule has 1 amide bonds. The molecule has 7 heteroatoms. The third-order valence-corrected chi connectivity index (χ3v) is 2.67. The molecule has 1 aromatic carbocycles. The van der Waals surface area contributed by atoms with E-state index in [1.807, 2.05) is 18.2 Å². The van der Waals surface area contributed by atoms with E-state index in [2.05, 4.69) is 25.5 Å². The summed E-state index contributed by atoms with van der Waals surface area (Å²) in [4.78, 5) is 19.0. The molecule has 0 aliphatic carbocycles. The second kappa shape index (κ2) is 4.37. The van der Waals surface area contributed by atoms with Crippen LogP contribution in [-0.2, 0) is 0 Å². The molecule has 2 heterocycles. The van der Waals surface area contributed by atoms with E-state index in [-0.39, 0.29) is 5.56 Å². The van der Waals surface area contributed by atoms with E-state index in [1.54, 1.807) is 6.20 Å². The first-order valence-electron chi connectivity index (χ1n) is 5.55. The van der Waals surface area contributed by atoms with Gasteiger partial charge in [-0.25, -0.2) is 9.97 Å². The molecule has 0 saturated heterocycles. The van der Waals surface area contributed by atoms with Gasteiger partial charge in [-0.2, -0.15) is 5.10 Å². The van der Waals surface area contributed by atoms with E-state index >= 15 is 0 Å². The van der Waals surface area contributed by atoms with Crippen molar-refractivity contribution in [2.75, 3.05) is 5.32 Å². The Hall–Kier alpha value is -2.96. The Kier molecular flexibility index (Phi) is 2.57. The highest BCUT2D eigenvalue weighted by Gasteiger charge is 2.05. The number of nitrogens with zero attached hydrogens (tertiary/aromatic N) is 3. The second-order valence-electron chi connectivity index (χ2n) is 3.92. The van der Waals surface area contributed by atoms with Gasteiger partial charge in [-0.3, -0.25) is 9.89 Å². The lowest BCUT2D eigenvalue weighted by Gasteiger charge is -2.05. The summed E-state index contributed by atoms with van der Waals surface area (Å²) in [6, 6.07) is 5.70. The normalized spacial score (nSPS) is 10.5. The minimum absolute atomic E-state index is 0.270. The van der Waals surface area contributed by atoms with Gasteiger partial charge in [0.05, 0.1) is 23.0 Å².